The van der Waals surface area contributed by atoms with Crippen LogP contribution in [0, 0.1) is 0 Å². The number of benzene rings is 1. The van der Waals surface area contributed by atoms with Crippen LogP contribution in [0.1, 0.15) is 31.7 Å². The summed E-state index contributed by atoms with van der Waals surface area (Å²) >= 11 is 0. The maximum Gasteiger partial charge on any atom is 0.165 e. The molecule has 0 aromatic heterocycles. The Morgan fingerprint density at radius 2 is 2.00 bits per heavy atom. The van der Waals surface area contributed by atoms with E-state index in [1.807, 2.05) is 12.1 Å². The molecule has 1 aliphatic carbocycles. The summed E-state index contributed by atoms with van der Waals surface area (Å²) in [4.78, 5) is 0. The first-order valence-corrected chi connectivity index (χ1v) is 6.13. The van der Waals surface area contributed by atoms with Gasteiger partial charge >= 0.3 is 0 Å². The Balaban J connectivity index is 2.09. The van der Waals surface area contributed by atoms with Gasteiger partial charge in [0.15, 0.2) is 11.5 Å². The number of methoxy groups -OCH3 is 2. The minimum atomic E-state index is 0.314. The van der Waals surface area contributed by atoms with Crippen LogP contribution in [0.3, 0.4) is 0 Å². The lowest BCUT2D eigenvalue weighted by molar-refractivity contribution is 0.205. The van der Waals surface area contributed by atoms with Gasteiger partial charge in [0, 0.05) is 17.6 Å². The summed E-state index contributed by atoms with van der Waals surface area (Å²) in [5.41, 5.74) is 1.47. The molecule has 0 unspecified atom stereocenters. The first-order valence-electron chi connectivity index (χ1n) is 6.13. The summed E-state index contributed by atoms with van der Waals surface area (Å²) in [7, 11) is 3.36. The van der Waals surface area contributed by atoms with Crippen LogP contribution in [0.5, 0.6) is 11.5 Å². The maximum atomic E-state index is 5.42. The normalized spacial score (nSPS) is 17.4. The van der Waals surface area contributed by atoms with Gasteiger partial charge in [-0.1, -0.05) is 12.1 Å². The van der Waals surface area contributed by atoms with Crippen molar-refractivity contribution in [2.45, 2.75) is 38.3 Å². The highest BCUT2D eigenvalue weighted by Crippen LogP contribution is 2.34. The van der Waals surface area contributed by atoms with E-state index in [2.05, 4.69) is 18.3 Å². The van der Waals surface area contributed by atoms with Gasteiger partial charge in [0.25, 0.3) is 0 Å². The van der Waals surface area contributed by atoms with Crippen LogP contribution in [0.4, 0.5) is 0 Å². The van der Waals surface area contributed by atoms with E-state index in [1.54, 1.807) is 14.2 Å². The van der Waals surface area contributed by atoms with Gasteiger partial charge in [-0.3, -0.25) is 0 Å². The van der Waals surface area contributed by atoms with Gasteiger partial charge in [-0.15, -0.1) is 0 Å². The third-order valence-electron chi connectivity index (χ3n) is 3.65. The molecule has 0 aliphatic heterocycles. The number of rotatable bonds is 5. The number of para-hydroxylation sites is 1. The van der Waals surface area contributed by atoms with E-state index in [-0.39, 0.29) is 0 Å². The molecule has 1 aromatic carbocycles. The largest absolute Gasteiger partial charge is 0.493 e. The second-order valence-electron chi connectivity index (χ2n) is 4.92. The van der Waals surface area contributed by atoms with Crippen LogP contribution in [-0.2, 0) is 6.54 Å². The van der Waals surface area contributed by atoms with Gasteiger partial charge in [-0.25, -0.2) is 0 Å². The molecule has 0 radical (unpaired) electrons. The topological polar surface area (TPSA) is 30.5 Å². The predicted molar refractivity (Wildman–Crippen MR) is 68.6 cm³/mol. The van der Waals surface area contributed by atoms with Crippen molar-refractivity contribution in [2.24, 2.45) is 0 Å². The Kier molecular flexibility index (Phi) is 3.57. The molecule has 94 valence electrons. The second-order valence-corrected chi connectivity index (χ2v) is 4.92. The SMILES string of the molecule is COc1cccc(CNC2(C)CCC2)c1OC. The van der Waals surface area contributed by atoms with E-state index in [9.17, 15) is 0 Å². The summed E-state index contributed by atoms with van der Waals surface area (Å²) < 4.78 is 10.7. The summed E-state index contributed by atoms with van der Waals surface area (Å²) in [6.07, 6.45) is 3.86. The molecule has 0 heterocycles. The zero-order chi connectivity index (χ0) is 12.3. The van der Waals surface area contributed by atoms with Gasteiger partial charge in [0.05, 0.1) is 14.2 Å². The Labute approximate surface area is 103 Å². The molecule has 3 heteroatoms. The van der Waals surface area contributed by atoms with E-state index in [0.29, 0.717) is 5.54 Å². The summed E-state index contributed by atoms with van der Waals surface area (Å²) in [6, 6.07) is 6.01. The quantitative estimate of drug-likeness (QED) is 0.851. The van der Waals surface area contributed by atoms with Crippen molar-refractivity contribution in [2.75, 3.05) is 14.2 Å². The molecular weight excluding hydrogens is 214 g/mol. The molecule has 1 aliphatic rings. The van der Waals surface area contributed by atoms with Crippen LogP contribution in [0.2, 0.25) is 0 Å². The van der Waals surface area contributed by atoms with Crippen LogP contribution in [0.25, 0.3) is 0 Å². The zero-order valence-electron chi connectivity index (χ0n) is 10.9. The molecular formula is C14H21NO2. The smallest absolute Gasteiger partial charge is 0.165 e. The zero-order valence-corrected chi connectivity index (χ0v) is 10.9. The van der Waals surface area contributed by atoms with Crippen LogP contribution in [-0.4, -0.2) is 19.8 Å². The van der Waals surface area contributed by atoms with Crippen molar-refractivity contribution in [1.29, 1.82) is 0 Å². The molecule has 0 bridgehead atoms. The highest BCUT2D eigenvalue weighted by atomic mass is 16.5. The third-order valence-corrected chi connectivity index (χ3v) is 3.65. The Bertz CT molecular complexity index is 386. The van der Waals surface area contributed by atoms with Gasteiger partial charge in [0.1, 0.15) is 0 Å². The molecule has 3 nitrogen and oxygen atoms in total. The highest BCUT2D eigenvalue weighted by Gasteiger charge is 2.31. The molecule has 0 amide bonds. The van der Waals surface area contributed by atoms with Crippen molar-refractivity contribution in [3.05, 3.63) is 23.8 Å². The fourth-order valence-electron chi connectivity index (χ4n) is 2.29. The molecule has 1 N–H and O–H groups in total. The molecule has 0 spiro atoms. The standard InChI is InChI=1S/C14H21NO2/c1-14(8-5-9-14)15-10-11-6-4-7-12(16-2)13(11)17-3/h4,6-7,15H,5,8-10H2,1-3H3. The first kappa shape index (κ1) is 12.2. The molecule has 0 atom stereocenters. The third kappa shape index (κ3) is 2.55. The molecule has 2 rings (SSSR count). The van der Waals surface area contributed by atoms with Crippen molar-refractivity contribution in [3.63, 3.8) is 0 Å². The Morgan fingerprint density at radius 1 is 1.24 bits per heavy atom. The monoisotopic (exact) mass is 235 g/mol. The lowest BCUT2D eigenvalue weighted by atomic mass is 9.78. The van der Waals surface area contributed by atoms with E-state index in [4.69, 9.17) is 9.47 Å². The van der Waals surface area contributed by atoms with Gasteiger partial charge in [0.2, 0.25) is 0 Å². The van der Waals surface area contributed by atoms with Gasteiger partial charge in [-0.05, 0) is 32.3 Å². The Morgan fingerprint density at radius 3 is 2.53 bits per heavy atom. The predicted octanol–water partition coefficient (Wildman–Crippen LogP) is 2.74. The summed E-state index contributed by atoms with van der Waals surface area (Å²) in [5.74, 6) is 1.64. The Hall–Kier alpha value is -1.22. The molecule has 1 saturated carbocycles. The van der Waals surface area contributed by atoms with E-state index in [1.165, 1.54) is 19.3 Å². The van der Waals surface area contributed by atoms with Crippen molar-refractivity contribution >= 4 is 0 Å². The number of nitrogens with one attached hydrogen (secondary N) is 1. The van der Waals surface area contributed by atoms with Crippen molar-refractivity contribution in [1.82, 2.24) is 5.32 Å². The van der Waals surface area contributed by atoms with Crippen LogP contribution < -0.4 is 14.8 Å². The highest BCUT2D eigenvalue weighted by molar-refractivity contribution is 5.46. The fourth-order valence-corrected chi connectivity index (χ4v) is 2.29. The van der Waals surface area contributed by atoms with Crippen LogP contribution >= 0.6 is 0 Å². The second kappa shape index (κ2) is 4.96. The maximum absolute atomic E-state index is 5.42. The van der Waals surface area contributed by atoms with Crippen molar-refractivity contribution in [3.8, 4) is 11.5 Å². The lowest BCUT2D eigenvalue weighted by Crippen LogP contribution is -2.47. The minimum Gasteiger partial charge on any atom is -0.493 e. The lowest BCUT2D eigenvalue weighted by Gasteiger charge is -2.39. The average Bonchev–Trinajstić information content (AvgIpc) is 2.33. The molecule has 1 aromatic rings. The summed E-state index contributed by atoms with van der Waals surface area (Å²) in [5, 5.41) is 3.60. The van der Waals surface area contributed by atoms with Gasteiger partial charge in [-0.2, -0.15) is 0 Å². The van der Waals surface area contributed by atoms with Crippen LogP contribution in [0.15, 0.2) is 18.2 Å². The average molecular weight is 235 g/mol. The molecule has 17 heavy (non-hydrogen) atoms. The van der Waals surface area contributed by atoms with E-state index >= 15 is 0 Å². The summed E-state index contributed by atoms with van der Waals surface area (Å²) in [6.45, 7) is 3.11. The molecule has 0 saturated heterocycles. The van der Waals surface area contributed by atoms with E-state index in [0.717, 1.165) is 23.6 Å². The van der Waals surface area contributed by atoms with E-state index < -0.39 is 0 Å². The first-order chi connectivity index (χ1) is 8.18. The number of hydrogen-bond donors (Lipinski definition) is 1. The molecule has 1 fully saturated rings. The van der Waals surface area contributed by atoms with Crippen molar-refractivity contribution < 1.29 is 9.47 Å². The fraction of sp³-hybridized carbons (Fsp3) is 0.571. The van der Waals surface area contributed by atoms with Gasteiger partial charge < -0.3 is 14.8 Å². The minimum absolute atomic E-state index is 0.314. The number of hydrogen-bond acceptors (Lipinski definition) is 3. The number of ether oxygens (including phenoxy) is 2.